The highest BCUT2D eigenvalue weighted by Gasteiger charge is 2.02. The molecule has 66 valence electrons. The summed E-state index contributed by atoms with van der Waals surface area (Å²) in [6.45, 7) is 6.40. The van der Waals surface area contributed by atoms with Gasteiger partial charge in [0.25, 0.3) is 0 Å². The van der Waals surface area contributed by atoms with Crippen molar-refractivity contribution in [2.45, 2.75) is 27.2 Å². The van der Waals surface area contributed by atoms with Crippen molar-refractivity contribution in [1.29, 1.82) is 0 Å². The van der Waals surface area contributed by atoms with Gasteiger partial charge in [0.2, 0.25) is 0 Å². The number of aromatic nitrogens is 1. The molecule has 1 heterocycles. The summed E-state index contributed by atoms with van der Waals surface area (Å²) in [4.78, 5) is 4.11. The second-order valence-corrected chi connectivity index (χ2v) is 3.66. The van der Waals surface area contributed by atoms with Crippen molar-refractivity contribution in [3.05, 3.63) is 23.4 Å². The maximum absolute atomic E-state index is 5.73. The maximum atomic E-state index is 5.73. The predicted molar refractivity (Wildman–Crippen MR) is 51.9 cm³/mol. The molecule has 2 N–H and O–H groups in total. The van der Waals surface area contributed by atoms with Crippen molar-refractivity contribution in [2.75, 3.05) is 5.73 Å². The first-order valence-electron chi connectivity index (χ1n) is 4.30. The van der Waals surface area contributed by atoms with E-state index in [1.165, 1.54) is 11.1 Å². The Morgan fingerprint density at radius 2 is 2.17 bits per heavy atom. The fourth-order valence-corrected chi connectivity index (χ4v) is 1.24. The average Bonchev–Trinajstić information content (AvgIpc) is 1.96. The van der Waals surface area contributed by atoms with Crippen LogP contribution in [0, 0.1) is 12.8 Å². The number of anilines is 1. The van der Waals surface area contributed by atoms with Crippen LogP contribution in [0.3, 0.4) is 0 Å². The van der Waals surface area contributed by atoms with E-state index in [4.69, 9.17) is 5.73 Å². The molecule has 12 heavy (non-hydrogen) atoms. The quantitative estimate of drug-likeness (QED) is 0.727. The van der Waals surface area contributed by atoms with E-state index < -0.39 is 0 Å². The number of aryl methyl sites for hydroxylation is 1. The fourth-order valence-electron chi connectivity index (χ4n) is 1.24. The van der Waals surface area contributed by atoms with Gasteiger partial charge in [-0.3, -0.25) is 0 Å². The lowest BCUT2D eigenvalue weighted by Gasteiger charge is -2.07. The minimum Gasteiger partial charge on any atom is -0.383 e. The Balaban J connectivity index is 2.90. The van der Waals surface area contributed by atoms with Crippen molar-refractivity contribution in [1.82, 2.24) is 4.98 Å². The van der Waals surface area contributed by atoms with Gasteiger partial charge < -0.3 is 5.73 Å². The molecule has 0 spiro atoms. The average molecular weight is 164 g/mol. The Labute approximate surface area is 73.8 Å². The lowest BCUT2D eigenvalue weighted by Crippen LogP contribution is -2.02. The number of hydrogen-bond donors (Lipinski definition) is 1. The molecule has 0 radical (unpaired) electrons. The Hall–Kier alpha value is -1.05. The van der Waals surface area contributed by atoms with Crippen molar-refractivity contribution in [3.8, 4) is 0 Å². The second kappa shape index (κ2) is 3.57. The van der Waals surface area contributed by atoms with E-state index in [0.717, 1.165) is 6.42 Å². The summed E-state index contributed by atoms with van der Waals surface area (Å²) in [6, 6.07) is 2.11. The fraction of sp³-hybridized carbons (Fsp3) is 0.500. The summed E-state index contributed by atoms with van der Waals surface area (Å²) in [5.74, 6) is 1.31. The predicted octanol–water partition coefficient (Wildman–Crippen LogP) is 2.17. The van der Waals surface area contributed by atoms with Crippen LogP contribution in [0.4, 0.5) is 5.82 Å². The number of hydrogen-bond acceptors (Lipinski definition) is 2. The lowest BCUT2D eigenvalue weighted by molar-refractivity contribution is 0.647. The molecule has 2 heteroatoms. The first kappa shape index (κ1) is 9.04. The molecule has 0 aliphatic heterocycles. The third-order valence-electron chi connectivity index (χ3n) is 1.77. The third kappa shape index (κ3) is 2.22. The zero-order valence-electron chi connectivity index (χ0n) is 7.96. The van der Waals surface area contributed by atoms with Crippen LogP contribution in [-0.2, 0) is 6.42 Å². The highest BCUT2D eigenvalue weighted by molar-refractivity contribution is 5.40. The molecule has 0 saturated carbocycles. The molecule has 0 amide bonds. The summed E-state index contributed by atoms with van der Waals surface area (Å²) in [7, 11) is 0. The molecule has 0 unspecified atom stereocenters. The van der Waals surface area contributed by atoms with Crippen LogP contribution in [0.5, 0.6) is 0 Å². The number of pyridine rings is 1. The minimum absolute atomic E-state index is 0.635. The largest absolute Gasteiger partial charge is 0.383 e. The van der Waals surface area contributed by atoms with E-state index in [9.17, 15) is 0 Å². The van der Waals surface area contributed by atoms with Gasteiger partial charge in [0.15, 0.2) is 0 Å². The maximum Gasteiger partial charge on any atom is 0.126 e. The molecule has 0 fully saturated rings. The molecule has 1 rings (SSSR count). The summed E-state index contributed by atoms with van der Waals surface area (Å²) >= 11 is 0. The molecule has 0 saturated heterocycles. The number of nitrogen functional groups attached to an aromatic ring is 1. The summed E-state index contributed by atoms with van der Waals surface area (Å²) < 4.78 is 0. The number of rotatable bonds is 2. The summed E-state index contributed by atoms with van der Waals surface area (Å²) in [5, 5.41) is 0. The first-order valence-corrected chi connectivity index (χ1v) is 4.30. The van der Waals surface area contributed by atoms with Gasteiger partial charge >= 0.3 is 0 Å². The van der Waals surface area contributed by atoms with Crippen LogP contribution in [0.15, 0.2) is 12.3 Å². The van der Waals surface area contributed by atoms with Crippen molar-refractivity contribution in [3.63, 3.8) is 0 Å². The smallest absolute Gasteiger partial charge is 0.126 e. The first-order chi connectivity index (χ1) is 5.59. The highest BCUT2D eigenvalue weighted by atomic mass is 14.8. The molecule has 0 atom stereocenters. The monoisotopic (exact) mass is 164 g/mol. The van der Waals surface area contributed by atoms with Gasteiger partial charge in [-0.1, -0.05) is 19.9 Å². The topological polar surface area (TPSA) is 38.9 Å². The van der Waals surface area contributed by atoms with E-state index in [-0.39, 0.29) is 0 Å². The normalized spacial score (nSPS) is 10.7. The zero-order valence-corrected chi connectivity index (χ0v) is 7.96. The Morgan fingerprint density at radius 1 is 1.50 bits per heavy atom. The van der Waals surface area contributed by atoms with E-state index in [2.05, 4.69) is 24.9 Å². The van der Waals surface area contributed by atoms with Crippen molar-refractivity contribution >= 4 is 5.82 Å². The summed E-state index contributed by atoms with van der Waals surface area (Å²) in [6.07, 6.45) is 2.82. The van der Waals surface area contributed by atoms with Crippen LogP contribution in [0.1, 0.15) is 25.0 Å². The number of nitrogens with two attached hydrogens (primary N) is 1. The van der Waals surface area contributed by atoms with Gasteiger partial charge in [-0.2, -0.15) is 0 Å². The summed E-state index contributed by atoms with van der Waals surface area (Å²) in [5.41, 5.74) is 8.08. The van der Waals surface area contributed by atoms with Gasteiger partial charge in [-0.15, -0.1) is 0 Å². The molecule has 2 nitrogen and oxygen atoms in total. The van der Waals surface area contributed by atoms with Crippen LogP contribution in [0.25, 0.3) is 0 Å². The van der Waals surface area contributed by atoms with Gasteiger partial charge in [-0.05, 0) is 30.4 Å². The zero-order chi connectivity index (χ0) is 9.14. The molecule has 1 aromatic rings. The molecule has 1 aromatic heterocycles. The Kier molecular flexibility index (Phi) is 2.69. The van der Waals surface area contributed by atoms with Crippen LogP contribution >= 0.6 is 0 Å². The van der Waals surface area contributed by atoms with E-state index in [1.807, 2.05) is 6.92 Å². The molecule has 0 aliphatic rings. The Morgan fingerprint density at radius 3 is 2.75 bits per heavy atom. The Bertz CT molecular complexity index is 267. The van der Waals surface area contributed by atoms with Gasteiger partial charge in [-0.25, -0.2) is 4.98 Å². The number of nitrogens with zero attached hydrogens (tertiary/aromatic N) is 1. The van der Waals surface area contributed by atoms with Crippen molar-refractivity contribution < 1.29 is 0 Å². The van der Waals surface area contributed by atoms with Crippen LogP contribution < -0.4 is 5.73 Å². The van der Waals surface area contributed by atoms with Gasteiger partial charge in [0, 0.05) is 6.20 Å². The molecular weight excluding hydrogens is 148 g/mol. The molecular formula is C10H16N2. The van der Waals surface area contributed by atoms with Gasteiger partial charge in [0.05, 0.1) is 0 Å². The van der Waals surface area contributed by atoms with Crippen LogP contribution in [-0.4, -0.2) is 4.98 Å². The van der Waals surface area contributed by atoms with E-state index >= 15 is 0 Å². The van der Waals surface area contributed by atoms with Crippen LogP contribution in [0.2, 0.25) is 0 Å². The second-order valence-electron chi connectivity index (χ2n) is 3.66. The third-order valence-corrected chi connectivity index (χ3v) is 1.77. The minimum atomic E-state index is 0.635. The highest BCUT2D eigenvalue weighted by Crippen LogP contribution is 2.14. The van der Waals surface area contributed by atoms with E-state index in [1.54, 1.807) is 6.20 Å². The van der Waals surface area contributed by atoms with Gasteiger partial charge in [0.1, 0.15) is 5.82 Å². The standard InChI is InChI=1S/C10H16N2/c1-7(2)4-9-5-8(3)6-12-10(9)11/h5-7H,4H2,1-3H3,(H2,11,12). The van der Waals surface area contributed by atoms with E-state index in [0.29, 0.717) is 11.7 Å². The SMILES string of the molecule is Cc1cnc(N)c(CC(C)C)c1. The molecule has 0 aromatic carbocycles. The molecule has 0 aliphatic carbocycles. The van der Waals surface area contributed by atoms with Crippen molar-refractivity contribution in [2.24, 2.45) is 5.92 Å². The molecule has 0 bridgehead atoms. The lowest BCUT2D eigenvalue weighted by atomic mass is 10.0.